The van der Waals surface area contributed by atoms with E-state index in [1.54, 1.807) is 6.08 Å². The molecule has 0 bridgehead atoms. The topological polar surface area (TPSA) is 37.3 Å². The van der Waals surface area contributed by atoms with Gasteiger partial charge in [-0.25, -0.2) is 0 Å². The highest BCUT2D eigenvalue weighted by Crippen LogP contribution is 2.67. The van der Waals surface area contributed by atoms with E-state index in [1.165, 1.54) is 0 Å². The van der Waals surface area contributed by atoms with Crippen molar-refractivity contribution in [2.24, 2.45) is 29.1 Å². The standard InChI is InChI=1S/C15H22O2/c1-5-6-9(2)14(17)12-11(16)8-7-10-13(12)15(10,3)4/h6,9-10,12-14,17H,1,7-8H2,2-4H3/t9-,10-,12-,13+,14-/m1/s1. The molecule has 2 aliphatic rings. The molecule has 94 valence electrons. The highest BCUT2D eigenvalue weighted by molar-refractivity contribution is 5.83. The summed E-state index contributed by atoms with van der Waals surface area (Å²) in [5.41, 5.74) is 2.94. The molecule has 1 N–H and O–H groups in total. The molecule has 2 nitrogen and oxygen atoms in total. The van der Waals surface area contributed by atoms with E-state index in [1.807, 2.05) is 6.92 Å². The first-order chi connectivity index (χ1) is 7.91. The Morgan fingerprint density at radius 3 is 2.82 bits per heavy atom. The number of fused-ring (bicyclic) bond motifs is 1. The lowest BCUT2D eigenvalue weighted by molar-refractivity contribution is -0.130. The second kappa shape index (κ2) is 4.12. The van der Waals surface area contributed by atoms with E-state index < -0.39 is 6.10 Å². The molecule has 0 amide bonds. The Balaban J connectivity index is 2.18. The van der Waals surface area contributed by atoms with Gasteiger partial charge in [-0.15, -0.1) is 5.73 Å². The summed E-state index contributed by atoms with van der Waals surface area (Å²) >= 11 is 0. The van der Waals surface area contributed by atoms with Crippen LogP contribution in [0.15, 0.2) is 18.4 Å². The molecule has 2 heteroatoms. The molecular formula is C15H22O2. The van der Waals surface area contributed by atoms with Crippen LogP contribution in [-0.4, -0.2) is 17.0 Å². The molecule has 0 aromatic carbocycles. The highest BCUT2D eigenvalue weighted by Gasteiger charge is 2.65. The number of rotatable bonds is 3. The molecule has 17 heavy (non-hydrogen) atoms. The van der Waals surface area contributed by atoms with Gasteiger partial charge in [0.1, 0.15) is 5.78 Å². The van der Waals surface area contributed by atoms with Gasteiger partial charge in [-0.1, -0.05) is 27.4 Å². The van der Waals surface area contributed by atoms with Crippen LogP contribution in [0, 0.1) is 29.1 Å². The van der Waals surface area contributed by atoms with E-state index >= 15 is 0 Å². The van der Waals surface area contributed by atoms with Gasteiger partial charge in [0.25, 0.3) is 0 Å². The lowest BCUT2D eigenvalue weighted by atomic mass is 9.79. The molecule has 0 heterocycles. The normalized spacial score (nSPS) is 37.6. The minimum atomic E-state index is -0.577. The number of Topliss-reactive ketones (excluding diaryl/α,β-unsaturated/α-hetero) is 1. The third-order valence-corrected chi connectivity index (χ3v) is 4.89. The second-order valence-corrected chi connectivity index (χ2v) is 6.20. The van der Waals surface area contributed by atoms with Gasteiger partial charge in [-0.05, 0) is 29.7 Å². The summed E-state index contributed by atoms with van der Waals surface area (Å²) in [6, 6.07) is 0. The molecule has 0 spiro atoms. The van der Waals surface area contributed by atoms with E-state index in [0.29, 0.717) is 18.3 Å². The van der Waals surface area contributed by atoms with Crippen LogP contribution in [-0.2, 0) is 4.79 Å². The van der Waals surface area contributed by atoms with Crippen molar-refractivity contribution in [3.63, 3.8) is 0 Å². The number of aliphatic hydroxyl groups excluding tert-OH is 1. The summed E-state index contributed by atoms with van der Waals surface area (Å²) < 4.78 is 0. The van der Waals surface area contributed by atoms with Crippen molar-refractivity contribution < 1.29 is 9.90 Å². The number of carbonyl (C=O) groups excluding carboxylic acids is 1. The van der Waals surface area contributed by atoms with Gasteiger partial charge in [0, 0.05) is 18.3 Å². The Bertz CT molecular complexity index is 376. The smallest absolute Gasteiger partial charge is 0.138 e. The number of carbonyl (C=O) groups is 1. The fraction of sp³-hybridized carbons (Fsp3) is 0.733. The number of hydrogen-bond acceptors (Lipinski definition) is 2. The highest BCUT2D eigenvalue weighted by atomic mass is 16.3. The van der Waals surface area contributed by atoms with Crippen LogP contribution < -0.4 is 0 Å². The SMILES string of the molecule is C=C=C[C@@H](C)[C@@H](O)[C@@H]1C(=O)CC[C@@H]2[C@@H]1C2(C)C. The first-order valence-electron chi connectivity index (χ1n) is 6.48. The largest absolute Gasteiger partial charge is 0.392 e. The summed E-state index contributed by atoms with van der Waals surface area (Å²) in [6.45, 7) is 9.89. The Morgan fingerprint density at radius 2 is 2.24 bits per heavy atom. The lowest BCUT2D eigenvalue weighted by Crippen LogP contribution is -2.37. The maximum Gasteiger partial charge on any atom is 0.138 e. The molecule has 0 radical (unpaired) electrons. The predicted octanol–water partition coefficient (Wildman–Crippen LogP) is 2.58. The number of aliphatic hydroxyl groups is 1. The molecule has 0 aromatic rings. The molecule has 2 rings (SSSR count). The fourth-order valence-electron chi connectivity index (χ4n) is 3.73. The van der Waals surface area contributed by atoms with Gasteiger partial charge in [0.15, 0.2) is 0 Å². The summed E-state index contributed by atoms with van der Waals surface area (Å²) in [6.07, 6.45) is 2.82. The summed E-state index contributed by atoms with van der Waals surface area (Å²) in [7, 11) is 0. The summed E-state index contributed by atoms with van der Waals surface area (Å²) in [4.78, 5) is 12.1. The van der Waals surface area contributed by atoms with Crippen LogP contribution in [0.4, 0.5) is 0 Å². The van der Waals surface area contributed by atoms with Crippen molar-refractivity contribution in [1.82, 2.24) is 0 Å². The van der Waals surface area contributed by atoms with Crippen LogP contribution in [0.25, 0.3) is 0 Å². The zero-order chi connectivity index (χ0) is 12.8. The van der Waals surface area contributed by atoms with Crippen LogP contribution in [0.1, 0.15) is 33.6 Å². The van der Waals surface area contributed by atoms with Crippen molar-refractivity contribution in [2.45, 2.75) is 39.7 Å². The van der Waals surface area contributed by atoms with Gasteiger partial charge < -0.3 is 5.11 Å². The number of ketones is 1. The van der Waals surface area contributed by atoms with E-state index in [9.17, 15) is 9.90 Å². The van der Waals surface area contributed by atoms with Crippen molar-refractivity contribution in [1.29, 1.82) is 0 Å². The van der Waals surface area contributed by atoms with Crippen molar-refractivity contribution in [3.8, 4) is 0 Å². The predicted molar refractivity (Wildman–Crippen MR) is 67.4 cm³/mol. The number of hydrogen-bond donors (Lipinski definition) is 1. The van der Waals surface area contributed by atoms with E-state index in [2.05, 4.69) is 26.2 Å². The van der Waals surface area contributed by atoms with Crippen molar-refractivity contribution >= 4 is 5.78 Å². The molecule has 2 aliphatic carbocycles. The Kier molecular flexibility index (Phi) is 3.05. The van der Waals surface area contributed by atoms with Gasteiger partial charge in [-0.2, -0.15) is 0 Å². The summed E-state index contributed by atoms with van der Waals surface area (Å²) in [5.74, 6) is 1.02. The van der Waals surface area contributed by atoms with Gasteiger partial charge in [0.2, 0.25) is 0 Å². The van der Waals surface area contributed by atoms with E-state index in [-0.39, 0.29) is 23.0 Å². The molecule has 0 saturated heterocycles. The first kappa shape index (κ1) is 12.6. The Morgan fingerprint density at radius 1 is 1.59 bits per heavy atom. The molecule has 0 aromatic heterocycles. The first-order valence-corrected chi connectivity index (χ1v) is 6.48. The minimum Gasteiger partial charge on any atom is -0.392 e. The Labute approximate surface area is 103 Å². The maximum atomic E-state index is 12.1. The van der Waals surface area contributed by atoms with Gasteiger partial charge in [-0.3, -0.25) is 4.79 Å². The third kappa shape index (κ3) is 1.90. The average molecular weight is 234 g/mol. The van der Waals surface area contributed by atoms with Gasteiger partial charge >= 0.3 is 0 Å². The van der Waals surface area contributed by atoms with Crippen LogP contribution in [0.2, 0.25) is 0 Å². The zero-order valence-corrected chi connectivity index (χ0v) is 10.9. The molecule has 2 fully saturated rings. The molecule has 5 atom stereocenters. The monoisotopic (exact) mass is 234 g/mol. The van der Waals surface area contributed by atoms with Crippen molar-refractivity contribution in [2.75, 3.05) is 0 Å². The third-order valence-electron chi connectivity index (χ3n) is 4.89. The summed E-state index contributed by atoms with van der Waals surface area (Å²) in [5, 5.41) is 10.4. The van der Waals surface area contributed by atoms with E-state index in [0.717, 1.165) is 6.42 Å². The lowest BCUT2D eigenvalue weighted by Gasteiger charge is -2.28. The fourth-order valence-corrected chi connectivity index (χ4v) is 3.73. The van der Waals surface area contributed by atoms with Crippen LogP contribution in [0.5, 0.6) is 0 Å². The molecule has 0 unspecified atom stereocenters. The van der Waals surface area contributed by atoms with Crippen LogP contribution >= 0.6 is 0 Å². The van der Waals surface area contributed by atoms with Gasteiger partial charge in [0.05, 0.1) is 6.10 Å². The average Bonchev–Trinajstić information content (AvgIpc) is 2.81. The van der Waals surface area contributed by atoms with Crippen molar-refractivity contribution in [3.05, 3.63) is 18.4 Å². The minimum absolute atomic E-state index is 0.0448. The molecule has 0 aliphatic heterocycles. The van der Waals surface area contributed by atoms with E-state index in [4.69, 9.17) is 0 Å². The molecule has 2 saturated carbocycles. The van der Waals surface area contributed by atoms with Crippen LogP contribution in [0.3, 0.4) is 0 Å². The second-order valence-electron chi connectivity index (χ2n) is 6.20. The Hall–Kier alpha value is -0.850. The molecular weight excluding hydrogens is 212 g/mol. The zero-order valence-electron chi connectivity index (χ0n) is 10.9. The quantitative estimate of drug-likeness (QED) is 0.762. The maximum absolute atomic E-state index is 12.1.